The number of hydrogen-bond donors (Lipinski definition) is 0. The number of benzene rings is 2. The summed E-state index contributed by atoms with van der Waals surface area (Å²) in [4.78, 5) is 6.77. The van der Waals surface area contributed by atoms with Crippen molar-refractivity contribution >= 4 is 39.5 Å². The Bertz CT molecular complexity index is 749. The first-order valence-electron chi connectivity index (χ1n) is 12.2. The molecule has 2 aromatic carbocycles. The molecule has 2 aromatic rings. The quantitative estimate of drug-likeness (QED) is 0.436. The first kappa shape index (κ1) is 32.5. The predicted molar refractivity (Wildman–Crippen MR) is 148 cm³/mol. The summed E-state index contributed by atoms with van der Waals surface area (Å²) in [6.07, 6.45) is 0. The Hall–Kier alpha value is -0.485. The number of nitrogens with zero attached hydrogens (tertiary/aromatic N) is 3. The maximum absolute atomic E-state index is 2.37. The maximum Gasteiger partial charge on any atom is 0.306 e. The van der Waals surface area contributed by atoms with Crippen molar-refractivity contribution in [3.8, 4) is 0 Å². The molecule has 0 atom stereocenters. The molecule has 0 spiro atoms. The maximum atomic E-state index is 2.37. The molecular formula is C27H46Al2ClN3. The van der Waals surface area contributed by atoms with Gasteiger partial charge in [-0.1, -0.05) is 42.6 Å². The fraction of sp³-hybridized carbons (Fsp3) is 0.556. The molecule has 0 fully saturated rings. The standard InChI is InChI=1S/C12H19N2.C9H12N.3C2H5.2Al.ClH/c1-13(2)9-11-6-5-7-12(8-11)10-14(3)4;1-8-6-4-5-7-9(8)10(2)3;3*1-2;;;/h5-7H,9-10H2,1-4H3;4-7H,1H2,2-3H3;3*1H2,2H3;;;1H/q;;;;;;+1;/p-1. The van der Waals surface area contributed by atoms with E-state index < -0.39 is 14.1 Å². The molecule has 2 rings (SSSR count). The summed E-state index contributed by atoms with van der Waals surface area (Å²) in [6, 6.07) is 15.6. The third kappa shape index (κ3) is 11.7. The van der Waals surface area contributed by atoms with Crippen molar-refractivity contribution in [1.29, 1.82) is 0 Å². The van der Waals surface area contributed by atoms with Crippen LogP contribution in [0.3, 0.4) is 0 Å². The molecule has 0 radical (unpaired) electrons. The van der Waals surface area contributed by atoms with Gasteiger partial charge in [0.2, 0.25) is 0 Å². The van der Waals surface area contributed by atoms with Crippen LogP contribution in [0.25, 0.3) is 0 Å². The van der Waals surface area contributed by atoms with Crippen molar-refractivity contribution in [2.24, 2.45) is 0 Å². The molecular weight excluding hydrogens is 456 g/mol. The van der Waals surface area contributed by atoms with Crippen molar-refractivity contribution < 1.29 is 12.4 Å². The van der Waals surface area contributed by atoms with Gasteiger partial charge >= 0.3 is 101 Å². The van der Waals surface area contributed by atoms with Crippen LogP contribution in [0, 0.1) is 0 Å². The minimum Gasteiger partial charge on any atom is -1.00 e. The van der Waals surface area contributed by atoms with Gasteiger partial charge in [0, 0.05) is 13.1 Å². The van der Waals surface area contributed by atoms with Gasteiger partial charge in [-0.3, -0.25) is 0 Å². The summed E-state index contributed by atoms with van der Waals surface area (Å²) in [7, 11) is 12.9. The first-order valence-corrected chi connectivity index (χ1v) is 16.1. The van der Waals surface area contributed by atoms with Crippen molar-refractivity contribution in [3.63, 3.8) is 0 Å². The summed E-state index contributed by atoms with van der Waals surface area (Å²) in [5.74, 6) is 0. The van der Waals surface area contributed by atoms with Crippen LogP contribution in [-0.2, 0) is 18.4 Å². The van der Waals surface area contributed by atoms with Crippen LogP contribution in [0.4, 0.5) is 5.69 Å². The molecule has 0 aliphatic carbocycles. The largest absolute Gasteiger partial charge is 1.00 e. The minimum absolute atomic E-state index is 0. The third-order valence-electron chi connectivity index (χ3n) is 5.78. The van der Waals surface area contributed by atoms with Crippen LogP contribution in [0.5, 0.6) is 0 Å². The Labute approximate surface area is 222 Å². The fourth-order valence-corrected chi connectivity index (χ4v) is 8.03. The van der Waals surface area contributed by atoms with E-state index in [1.54, 1.807) is 15.6 Å². The van der Waals surface area contributed by atoms with Gasteiger partial charge < -0.3 is 22.2 Å². The Morgan fingerprint density at radius 1 is 0.697 bits per heavy atom. The van der Waals surface area contributed by atoms with Crippen molar-refractivity contribution in [1.82, 2.24) is 9.80 Å². The van der Waals surface area contributed by atoms with Gasteiger partial charge in [0.25, 0.3) is 0 Å². The van der Waals surface area contributed by atoms with Crippen LogP contribution in [0.2, 0.25) is 15.8 Å². The molecule has 0 unspecified atom stereocenters. The molecule has 33 heavy (non-hydrogen) atoms. The van der Waals surface area contributed by atoms with E-state index in [-0.39, 0.29) is 12.4 Å². The molecule has 0 saturated heterocycles. The van der Waals surface area contributed by atoms with Gasteiger partial charge in [-0.2, -0.15) is 0 Å². The smallest absolute Gasteiger partial charge is 0.306 e. The normalized spacial score (nSPS) is 10.3. The van der Waals surface area contributed by atoms with E-state index in [0.29, 0.717) is 15.2 Å². The molecule has 0 bridgehead atoms. The average molecular weight is 502 g/mol. The molecule has 0 aliphatic heterocycles. The number of hydrogen-bond acceptors (Lipinski definition) is 3. The van der Waals surface area contributed by atoms with Crippen LogP contribution >= 0.6 is 0 Å². The van der Waals surface area contributed by atoms with Crippen LogP contribution in [-0.4, -0.2) is 81.5 Å². The molecule has 182 valence electrons. The van der Waals surface area contributed by atoms with Gasteiger partial charge in [-0.05, 0) is 39.3 Å². The number of anilines is 1. The van der Waals surface area contributed by atoms with Crippen molar-refractivity contribution in [3.05, 3.63) is 59.2 Å². The average Bonchev–Trinajstić information content (AvgIpc) is 2.74. The van der Waals surface area contributed by atoms with Gasteiger partial charge in [0.15, 0.2) is 0 Å². The molecule has 6 heteroatoms. The van der Waals surface area contributed by atoms with Crippen LogP contribution < -0.4 is 21.7 Å². The molecule has 3 nitrogen and oxygen atoms in total. The zero-order chi connectivity index (χ0) is 24.1. The van der Waals surface area contributed by atoms with Gasteiger partial charge in [0.1, 0.15) is 0 Å². The Morgan fingerprint density at radius 3 is 1.61 bits per heavy atom. The second-order valence-corrected chi connectivity index (χ2v) is 14.8. The minimum atomic E-state index is -0.800. The summed E-state index contributed by atoms with van der Waals surface area (Å²) in [5, 5.41) is 5.36. The molecule has 0 amide bonds. The monoisotopic (exact) mass is 501 g/mol. The van der Waals surface area contributed by atoms with E-state index in [2.05, 4.69) is 120 Å². The predicted octanol–water partition coefficient (Wildman–Crippen LogP) is 1.95. The molecule has 0 saturated carbocycles. The second-order valence-electron chi connectivity index (χ2n) is 9.40. The SMILES string of the molecule is C[CH2][Al+][CH2]c1ccccc1N(C)C.C[CH2][Al]([CH2]C)[c]1c(CN(C)C)cccc1CN(C)C.[Cl-]. The Kier molecular flexibility index (Phi) is 17.6. The topological polar surface area (TPSA) is 9.72 Å². The Balaban J connectivity index is 0.000000642. The van der Waals surface area contributed by atoms with E-state index >= 15 is 0 Å². The van der Waals surface area contributed by atoms with Crippen LogP contribution in [0.15, 0.2) is 42.5 Å². The van der Waals surface area contributed by atoms with Gasteiger partial charge in [0.05, 0.1) is 0 Å². The summed E-state index contributed by atoms with van der Waals surface area (Å²) in [6.45, 7) is 9.15. The van der Waals surface area contributed by atoms with E-state index in [4.69, 9.17) is 0 Å². The number of para-hydroxylation sites is 1. The van der Waals surface area contributed by atoms with Crippen molar-refractivity contribution in [2.45, 2.75) is 55.0 Å². The van der Waals surface area contributed by atoms with E-state index in [1.807, 2.05) is 0 Å². The van der Waals surface area contributed by atoms with Gasteiger partial charge in [-0.15, -0.1) is 4.43 Å². The first-order chi connectivity index (χ1) is 15.2. The van der Waals surface area contributed by atoms with E-state index in [1.165, 1.54) is 32.4 Å². The molecule has 0 aromatic heterocycles. The fourth-order valence-electron chi connectivity index (χ4n) is 4.26. The number of rotatable bonds is 11. The Morgan fingerprint density at radius 2 is 1.18 bits per heavy atom. The molecule has 0 N–H and O–H groups in total. The molecule has 0 heterocycles. The van der Waals surface area contributed by atoms with Gasteiger partial charge in [-0.25, -0.2) is 0 Å². The van der Waals surface area contributed by atoms with E-state index in [9.17, 15) is 0 Å². The summed E-state index contributed by atoms with van der Waals surface area (Å²) >= 11 is -0.201. The summed E-state index contributed by atoms with van der Waals surface area (Å²) < 4.78 is 1.73. The molecule has 0 aliphatic rings. The van der Waals surface area contributed by atoms with Crippen molar-refractivity contribution in [2.75, 3.05) is 47.2 Å². The second kappa shape index (κ2) is 17.9. The van der Waals surface area contributed by atoms with E-state index in [0.717, 1.165) is 13.1 Å². The van der Waals surface area contributed by atoms with Crippen LogP contribution in [0.1, 0.15) is 37.5 Å². The summed E-state index contributed by atoms with van der Waals surface area (Å²) in [5.41, 5.74) is 6.00. The third-order valence-corrected chi connectivity index (χ3v) is 10.6. The zero-order valence-electron chi connectivity index (χ0n) is 22.7. The zero-order valence-corrected chi connectivity index (χ0v) is 25.7. The number of halogens is 1.